The lowest BCUT2D eigenvalue weighted by atomic mass is 9.68. The van der Waals surface area contributed by atoms with Crippen molar-refractivity contribution >= 4 is 0 Å². The van der Waals surface area contributed by atoms with Crippen LogP contribution in [0.3, 0.4) is 0 Å². The lowest BCUT2D eigenvalue weighted by molar-refractivity contribution is 0.469. The van der Waals surface area contributed by atoms with Gasteiger partial charge in [0.05, 0.1) is 0 Å². The second-order valence-corrected chi connectivity index (χ2v) is 8.14. The summed E-state index contributed by atoms with van der Waals surface area (Å²) >= 11 is 0. The summed E-state index contributed by atoms with van der Waals surface area (Å²) in [6.45, 7) is 4.82. The minimum atomic E-state index is 0.0692. The Bertz CT molecular complexity index is 950. The van der Waals surface area contributed by atoms with Crippen molar-refractivity contribution in [1.82, 2.24) is 0 Å². The molecule has 0 fully saturated rings. The van der Waals surface area contributed by atoms with Gasteiger partial charge in [-0.15, -0.1) is 12.3 Å². The second kappa shape index (κ2) is 7.24. The number of benzene rings is 2. The van der Waals surface area contributed by atoms with E-state index in [9.17, 15) is 0 Å². The highest BCUT2D eigenvalue weighted by Crippen LogP contribution is 2.51. The van der Waals surface area contributed by atoms with E-state index in [-0.39, 0.29) is 5.41 Å². The summed E-state index contributed by atoms with van der Waals surface area (Å²) in [4.78, 5) is 0. The molecule has 27 heavy (non-hydrogen) atoms. The van der Waals surface area contributed by atoms with Crippen molar-refractivity contribution in [2.75, 3.05) is 0 Å². The third-order valence-corrected chi connectivity index (χ3v) is 6.58. The zero-order valence-electron chi connectivity index (χ0n) is 16.5. The van der Waals surface area contributed by atoms with Crippen LogP contribution in [0.15, 0.2) is 66.3 Å². The van der Waals surface area contributed by atoms with Crippen LogP contribution in [-0.2, 0) is 5.41 Å². The fourth-order valence-electron chi connectivity index (χ4n) is 5.05. The van der Waals surface area contributed by atoms with Crippen LogP contribution >= 0.6 is 0 Å². The summed E-state index contributed by atoms with van der Waals surface area (Å²) in [5, 5.41) is 0. The van der Waals surface area contributed by atoms with E-state index in [1.54, 1.807) is 5.57 Å². The lowest BCUT2D eigenvalue weighted by Crippen LogP contribution is -2.26. The molecule has 0 aliphatic heterocycles. The molecule has 0 saturated heterocycles. The van der Waals surface area contributed by atoms with Crippen LogP contribution in [0.25, 0.3) is 11.1 Å². The molecule has 0 bridgehead atoms. The van der Waals surface area contributed by atoms with Crippen molar-refractivity contribution in [2.45, 2.75) is 57.3 Å². The van der Waals surface area contributed by atoms with Gasteiger partial charge >= 0.3 is 0 Å². The van der Waals surface area contributed by atoms with Crippen molar-refractivity contribution in [2.24, 2.45) is 0 Å². The van der Waals surface area contributed by atoms with Crippen molar-refractivity contribution in [3.63, 3.8) is 0 Å². The maximum atomic E-state index is 5.48. The molecule has 136 valence electrons. The first-order chi connectivity index (χ1) is 13.2. The number of hydrogen-bond acceptors (Lipinski definition) is 0. The molecule has 0 amide bonds. The average Bonchev–Trinajstić information content (AvgIpc) is 3.34. The summed E-state index contributed by atoms with van der Waals surface area (Å²) in [6.07, 6.45) is 17.7. The Morgan fingerprint density at radius 2 is 1.89 bits per heavy atom. The van der Waals surface area contributed by atoms with E-state index in [1.807, 2.05) is 0 Å². The number of rotatable bonds is 6. The van der Waals surface area contributed by atoms with Gasteiger partial charge in [-0.1, -0.05) is 86.5 Å². The fourth-order valence-corrected chi connectivity index (χ4v) is 5.05. The zero-order valence-corrected chi connectivity index (χ0v) is 16.5. The van der Waals surface area contributed by atoms with E-state index < -0.39 is 0 Å². The topological polar surface area (TPSA) is 0 Å². The third kappa shape index (κ3) is 2.96. The van der Waals surface area contributed by atoms with Crippen LogP contribution in [-0.4, -0.2) is 0 Å². The molecule has 2 unspecified atom stereocenters. The molecular weight excluding hydrogens is 324 g/mol. The molecule has 0 aromatic heterocycles. The molecular formula is C27H28. The van der Waals surface area contributed by atoms with Crippen LogP contribution in [0.5, 0.6) is 0 Å². The first-order valence-corrected chi connectivity index (χ1v) is 10.2. The first kappa shape index (κ1) is 17.9. The van der Waals surface area contributed by atoms with Gasteiger partial charge in [0, 0.05) is 17.8 Å². The zero-order chi connectivity index (χ0) is 18.9. The predicted molar refractivity (Wildman–Crippen MR) is 116 cm³/mol. The number of hydrogen-bond donors (Lipinski definition) is 0. The van der Waals surface area contributed by atoms with E-state index in [0.29, 0.717) is 5.92 Å². The van der Waals surface area contributed by atoms with Gasteiger partial charge < -0.3 is 0 Å². The van der Waals surface area contributed by atoms with E-state index >= 15 is 0 Å². The Hall–Kier alpha value is -2.52. The van der Waals surface area contributed by atoms with Crippen LogP contribution in [0.4, 0.5) is 0 Å². The Labute approximate surface area is 164 Å². The fraction of sp³-hybridized carbons (Fsp3) is 0.333. The quantitative estimate of drug-likeness (QED) is 0.382. The maximum absolute atomic E-state index is 5.48. The van der Waals surface area contributed by atoms with Crippen molar-refractivity contribution < 1.29 is 0 Å². The summed E-state index contributed by atoms with van der Waals surface area (Å²) in [5.41, 5.74) is 8.96. The molecule has 0 spiro atoms. The van der Waals surface area contributed by atoms with Crippen LogP contribution < -0.4 is 0 Å². The van der Waals surface area contributed by atoms with Crippen LogP contribution in [0, 0.1) is 12.3 Å². The molecule has 0 saturated carbocycles. The first-order valence-electron chi connectivity index (χ1n) is 10.2. The number of unbranched alkanes of at least 4 members (excludes halogenated alkanes) is 2. The normalized spacial score (nSPS) is 19.1. The molecule has 2 aromatic rings. The Morgan fingerprint density at radius 1 is 1.07 bits per heavy atom. The minimum Gasteiger partial charge on any atom is -0.120 e. The van der Waals surface area contributed by atoms with Gasteiger partial charge in [0.25, 0.3) is 0 Å². The smallest absolute Gasteiger partial charge is 0.0143 e. The Kier molecular flexibility index (Phi) is 4.79. The summed E-state index contributed by atoms with van der Waals surface area (Å²) in [5.74, 6) is 3.25. The van der Waals surface area contributed by atoms with Crippen molar-refractivity contribution in [3.8, 4) is 23.5 Å². The minimum absolute atomic E-state index is 0.0692. The molecule has 2 aliphatic rings. The van der Waals surface area contributed by atoms with E-state index in [4.69, 9.17) is 6.42 Å². The summed E-state index contributed by atoms with van der Waals surface area (Å²) in [7, 11) is 0. The van der Waals surface area contributed by atoms with Gasteiger partial charge in [-0.05, 0) is 47.1 Å². The molecule has 4 rings (SSSR count). The maximum Gasteiger partial charge on any atom is 0.0143 e. The van der Waals surface area contributed by atoms with E-state index in [1.165, 1.54) is 34.2 Å². The highest BCUT2D eigenvalue weighted by molar-refractivity contribution is 5.80. The predicted octanol–water partition coefficient (Wildman–Crippen LogP) is 7.16. The Morgan fingerprint density at radius 3 is 2.67 bits per heavy atom. The van der Waals surface area contributed by atoms with E-state index in [0.717, 1.165) is 25.7 Å². The average molecular weight is 353 g/mol. The van der Waals surface area contributed by atoms with Crippen molar-refractivity contribution in [3.05, 3.63) is 83.0 Å². The molecule has 0 heterocycles. The monoisotopic (exact) mass is 352 g/mol. The largest absolute Gasteiger partial charge is 0.120 e. The third-order valence-electron chi connectivity index (χ3n) is 6.58. The molecule has 0 heteroatoms. The van der Waals surface area contributed by atoms with Crippen LogP contribution in [0.2, 0.25) is 0 Å². The van der Waals surface area contributed by atoms with Crippen molar-refractivity contribution in [1.29, 1.82) is 0 Å². The molecule has 0 N–H and O–H groups in total. The van der Waals surface area contributed by atoms with Gasteiger partial charge in [-0.2, -0.15) is 0 Å². The molecule has 2 aromatic carbocycles. The SMILES string of the molecule is C#CCCCCC(C)(C1=CC=CC1)c1cccc2c1C(C)c1ccccc1-2. The number of allylic oxidation sites excluding steroid dienone is 4. The molecule has 2 aliphatic carbocycles. The van der Waals surface area contributed by atoms with Gasteiger partial charge in [0.15, 0.2) is 0 Å². The lowest BCUT2D eigenvalue weighted by Gasteiger charge is -2.35. The summed E-state index contributed by atoms with van der Waals surface area (Å²) < 4.78 is 0. The van der Waals surface area contributed by atoms with Gasteiger partial charge in [-0.3, -0.25) is 0 Å². The van der Waals surface area contributed by atoms with E-state index in [2.05, 4.69) is 80.5 Å². The molecule has 2 atom stereocenters. The van der Waals surface area contributed by atoms with Gasteiger partial charge in [0.2, 0.25) is 0 Å². The van der Waals surface area contributed by atoms with Gasteiger partial charge in [-0.25, -0.2) is 0 Å². The standard InChI is InChI=1S/C27H28/c1-4-5-6-11-19-27(3,21-13-7-8-14-21)25-18-12-17-24-23-16-10-9-15-22(23)20(2)26(24)25/h1,7-10,12-13,15-18,20H,5-6,11,14,19H2,2-3H3. The second-order valence-electron chi connectivity index (χ2n) is 8.14. The number of fused-ring (bicyclic) bond motifs is 3. The van der Waals surface area contributed by atoms with Gasteiger partial charge in [0.1, 0.15) is 0 Å². The summed E-state index contributed by atoms with van der Waals surface area (Å²) in [6, 6.07) is 15.8. The molecule has 0 radical (unpaired) electrons. The van der Waals surface area contributed by atoms with Crippen LogP contribution in [0.1, 0.15) is 68.6 Å². The highest BCUT2D eigenvalue weighted by Gasteiger charge is 2.37. The Balaban J connectivity index is 1.80. The number of terminal acetylenes is 1. The highest BCUT2D eigenvalue weighted by atomic mass is 14.4. The molecule has 0 nitrogen and oxygen atoms in total.